The van der Waals surface area contributed by atoms with Crippen LogP contribution in [0.4, 0.5) is 0 Å². The number of hydrogen-bond acceptors (Lipinski definition) is 2. The molecule has 0 saturated heterocycles. The monoisotopic (exact) mass is 475 g/mol. The summed E-state index contributed by atoms with van der Waals surface area (Å²) in [6.07, 6.45) is 0. The SMILES string of the molecule is Brc1nc(-c2ccccc2)cc(-c2ccc(-n3c4ccccc4c4ccccc43)cc2)n1. The zero-order valence-electron chi connectivity index (χ0n) is 17.1. The van der Waals surface area contributed by atoms with Crippen molar-refractivity contribution in [3.63, 3.8) is 0 Å². The van der Waals surface area contributed by atoms with Crippen LogP contribution in [-0.2, 0) is 0 Å². The second-order valence-electron chi connectivity index (χ2n) is 7.69. The first-order valence-electron chi connectivity index (χ1n) is 10.5. The van der Waals surface area contributed by atoms with Crippen LogP contribution < -0.4 is 0 Å². The summed E-state index contributed by atoms with van der Waals surface area (Å²) in [5.74, 6) is 0. The van der Waals surface area contributed by atoms with Gasteiger partial charge in [0.15, 0.2) is 4.73 Å². The van der Waals surface area contributed by atoms with E-state index in [0.717, 1.165) is 28.2 Å². The minimum atomic E-state index is 0.584. The summed E-state index contributed by atoms with van der Waals surface area (Å²) >= 11 is 3.48. The van der Waals surface area contributed by atoms with E-state index in [-0.39, 0.29) is 0 Å². The molecule has 0 aliphatic heterocycles. The average molecular weight is 476 g/mol. The van der Waals surface area contributed by atoms with Gasteiger partial charge in [-0.15, -0.1) is 0 Å². The highest BCUT2D eigenvalue weighted by Gasteiger charge is 2.12. The van der Waals surface area contributed by atoms with Gasteiger partial charge < -0.3 is 4.57 Å². The Morgan fingerprint density at radius 2 is 1.03 bits per heavy atom. The molecule has 0 radical (unpaired) electrons. The molecule has 32 heavy (non-hydrogen) atoms. The highest BCUT2D eigenvalue weighted by atomic mass is 79.9. The lowest BCUT2D eigenvalue weighted by Gasteiger charge is -2.10. The largest absolute Gasteiger partial charge is 0.309 e. The fourth-order valence-electron chi connectivity index (χ4n) is 4.30. The smallest absolute Gasteiger partial charge is 0.197 e. The van der Waals surface area contributed by atoms with Gasteiger partial charge in [-0.25, -0.2) is 9.97 Å². The van der Waals surface area contributed by atoms with E-state index in [1.165, 1.54) is 21.8 Å². The van der Waals surface area contributed by atoms with Gasteiger partial charge in [0.05, 0.1) is 22.4 Å². The molecule has 0 aliphatic rings. The number of halogens is 1. The molecule has 6 aromatic rings. The first kappa shape index (κ1) is 19.0. The highest BCUT2D eigenvalue weighted by molar-refractivity contribution is 9.10. The predicted octanol–water partition coefficient (Wildman–Crippen LogP) is 7.67. The van der Waals surface area contributed by atoms with E-state index in [0.29, 0.717) is 4.73 Å². The standard InChI is InChI=1S/C28H18BrN3/c29-28-30-24(19-8-2-1-3-9-19)18-25(31-28)20-14-16-21(17-15-20)32-26-12-6-4-10-22(26)23-11-5-7-13-27(23)32/h1-18H. The zero-order valence-corrected chi connectivity index (χ0v) is 18.7. The molecule has 0 amide bonds. The molecule has 4 aromatic carbocycles. The van der Waals surface area contributed by atoms with Crippen molar-refractivity contribution in [2.45, 2.75) is 0 Å². The lowest BCUT2D eigenvalue weighted by molar-refractivity contribution is 1.12. The number of aromatic nitrogens is 3. The molecule has 0 unspecified atom stereocenters. The van der Waals surface area contributed by atoms with Gasteiger partial charge in [-0.05, 0) is 46.3 Å². The molecule has 0 fully saturated rings. The molecule has 6 rings (SSSR count). The Bertz CT molecular complexity index is 1510. The van der Waals surface area contributed by atoms with Crippen LogP contribution in [0.2, 0.25) is 0 Å². The summed E-state index contributed by atoms with van der Waals surface area (Å²) in [5, 5.41) is 2.53. The van der Waals surface area contributed by atoms with Gasteiger partial charge >= 0.3 is 0 Å². The molecule has 0 bridgehead atoms. The molecule has 2 aromatic heterocycles. The van der Waals surface area contributed by atoms with E-state index in [9.17, 15) is 0 Å². The van der Waals surface area contributed by atoms with Gasteiger partial charge in [-0.3, -0.25) is 0 Å². The van der Waals surface area contributed by atoms with Crippen LogP contribution in [0.15, 0.2) is 114 Å². The Hall–Kier alpha value is -3.76. The minimum Gasteiger partial charge on any atom is -0.309 e. The van der Waals surface area contributed by atoms with E-state index < -0.39 is 0 Å². The van der Waals surface area contributed by atoms with E-state index in [4.69, 9.17) is 0 Å². The van der Waals surface area contributed by atoms with Crippen LogP contribution in [-0.4, -0.2) is 14.5 Å². The quantitative estimate of drug-likeness (QED) is 0.246. The molecule has 3 nitrogen and oxygen atoms in total. The maximum absolute atomic E-state index is 4.62. The maximum atomic E-state index is 4.62. The third-order valence-corrected chi connectivity index (χ3v) is 6.12. The van der Waals surface area contributed by atoms with Crippen molar-refractivity contribution < 1.29 is 0 Å². The number of nitrogens with zero attached hydrogens (tertiary/aromatic N) is 3. The van der Waals surface area contributed by atoms with E-state index in [1.54, 1.807) is 0 Å². The molecular weight excluding hydrogens is 458 g/mol. The summed E-state index contributed by atoms with van der Waals surface area (Å²) in [6.45, 7) is 0. The van der Waals surface area contributed by atoms with Gasteiger partial charge in [-0.1, -0.05) is 78.9 Å². The van der Waals surface area contributed by atoms with Crippen LogP contribution in [0.5, 0.6) is 0 Å². The molecule has 152 valence electrons. The van der Waals surface area contributed by atoms with Gasteiger partial charge in [0.25, 0.3) is 0 Å². The third-order valence-electron chi connectivity index (χ3n) is 5.77. The second kappa shape index (κ2) is 7.74. The number of rotatable bonds is 3. The Labute approximate surface area is 194 Å². The van der Waals surface area contributed by atoms with Crippen molar-refractivity contribution in [1.82, 2.24) is 14.5 Å². The van der Waals surface area contributed by atoms with Gasteiger partial charge in [0.1, 0.15) is 0 Å². The van der Waals surface area contributed by atoms with E-state index in [1.807, 2.05) is 24.3 Å². The Kier molecular flexibility index (Phi) is 4.58. The Balaban J connectivity index is 1.46. The van der Waals surface area contributed by atoms with Crippen molar-refractivity contribution in [3.05, 3.63) is 114 Å². The lowest BCUT2D eigenvalue weighted by atomic mass is 10.1. The molecule has 2 heterocycles. The number of fused-ring (bicyclic) bond motifs is 3. The highest BCUT2D eigenvalue weighted by Crippen LogP contribution is 2.32. The van der Waals surface area contributed by atoms with E-state index >= 15 is 0 Å². The lowest BCUT2D eigenvalue weighted by Crippen LogP contribution is -1.95. The van der Waals surface area contributed by atoms with Crippen LogP contribution in [0.25, 0.3) is 50.0 Å². The van der Waals surface area contributed by atoms with Crippen molar-refractivity contribution in [2.75, 3.05) is 0 Å². The molecule has 0 N–H and O–H groups in total. The fraction of sp³-hybridized carbons (Fsp3) is 0. The first-order valence-corrected chi connectivity index (χ1v) is 11.3. The average Bonchev–Trinajstić information content (AvgIpc) is 3.19. The van der Waals surface area contributed by atoms with E-state index in [2.05, 4.69) is 115 Å². The number of para-hydroxylation sites is 2. The number of benzene rings is 4. The minimum absolute atomic E-state index is 0.584. The van der Waals surface area contributed by atoms with Crippen LogP contribution >= 0.6 is 15.9 Å². The summed E-state index contributed by atoms with van der Waals surface area (Å²) in [4.78, 5) is 9.18. The summed E-state index contributed by atoms with van der Waals surface area (Å²) < 4.78 is 2.90. The molecule has 0 saturated carbocycles. The predicted molar refractivity (Wildman–Crippen MR) is 135 cm³/mol. The fourth-order valence-corrected chi connectivity index (χ4v) is 4.69. The van der Waals surface area contributed by atoms with Gasteiger partial charge in [0, 0.05) is 27.6 Å². The first-order chi connectivity index (χ1) is 15.8. The molecule has 0 spiro atoms. The third kappa shape index (κ3) is 3.20. The van der Waals surface area contributed by atoms with Gasteiger partial charge in [0.2, 0.25) is 0 Å². The summed E-state index contributed by atoms with van der Waals surface area (Å²) in [7, 11) is 0. The van der Waals surface area contributed by atoms with Crippen molar-refractivity contribution in [3.8, 4) is 28.2 Å². The molecule has 0 aliphatic carbocycles. The van der Waals surface area contributed by atoms with Crippen LogP contribution in [0.3, 0.4) is 0 Å². The van der Waals surface area contributed by atoms with Crippen molar-refractivity contribution >= 4 is 37.7 Å². The topological polar surface area (TPSA) is 30.7 Å². The molecule has 4 heteroatoms. The summed E-state index contributed by atoms with van der Waals surface area (Å²) in [5.41, 5.74) is 7.44. The van der Waals surface area contributed by atoms with Gasteiger partial charge in [-0.2, -0.15) is 0 Å². The van der Waals surface area contributed by atoms with Crippen LogP contribution in [0, 0.1) is 0 Å². The Morgan fingerprint density at radius 3 is 1.62 bits per heavy atom. The Morgan fingerprint density at radius 1 is 0.531 bits per heavy atom. The zero-order chi connectivity index (χ0) is 21.5. The van der Waals surface area contributed by atoms with Crippen molar-refractivity contribution in [1.29, 1.82) is 0 Å². The normalized spacial score (nSPS) is 11.3. The van der Waals surface area contributed by atoms with Crippen LogP contribution in [0.1, 0.15) is 0 Å². The second-order valence-corrected chi connectivity index (χ2v) is 8.40. The molecular formula is C28H18BrN3. The molecule has 0 atom stereocenters. The summed E-state index contributed by atoms with van der Waals surface area (Å²) in [6, 6.07) is 37.9. The number of hydrogen-bond donors (Lipinski definition) is 0. The maximum Gasteiger partial charge on any atom is 0.197 e. The van der Waals surface area contributed by atoms with Crippen molar-refractivity contribution in [2.24, 2.45) is 0 Å².